The van der Waals surface area contributed by atoms with Gasteiger partial charge in [0.2, 0.25) is 5.91 Å². The zero-order valence-corrected chi connectivity index (χ0v) is 16.6. The lowest BCUT2D eigenvalue weighted by Crippen LogP contribution is -2.37. The molecule has 0 bridgehead atoms. The number of para-hydroxylation sites is 1. The second-order valence-corrected chi connectivity index (χ2v) is 7.54. The van der Waals surface area contributed by atoms with Gasteiger partial charge in [0, 0.05) is 0 Å². The number of imide groups is 1. The van der Waals surface area contributed by atoms with Crippen LogP contribution < -0.4 is 9.96 Å². The van der Waals surface area contributed by atoms with Gasteiger partial charge in [-0.2, -0.15) is 0 Å². The third-order valence-electron chi connectivity index (χ3n) is 5.72. The molecule has 0 aromatic heterocycles. The van der Waals surface area contributed by atoms with E-state index in [9.17, 15) is 23.9 Å². The van der Waals surface area contributed by atoms with Gasteiger partial charge in [0.05, 0.1) is 23.0 Å². The van der Waals surface area contributed by atoms with Gasteiger partial charge in [-0.05, 0) is 48.0 Å². The second-order valence-electron chi connectivity index (χ2n) is 7.54. The van der Waals surface area contributed by atoms with Crippen LogP contribution >= 0.6 is 0 Å². The summed E-state index contributed by atoms with van der Waals surface area (Å²) in [6.07, 6.45) is -1.14. The summed E-state index contributed by atoms with van der Waals surface area (Å²) < 4.78 is 13.4. The van der Waals surface area contributed by atoms with Gasteiger partial charge in [-0.15, -0.1) is 0 Å². The highest BCUT2D eigenvalue weighted by molar-refractivity contribution is 6.24. The van der Waals surface area contributed by atoms with Gasteiger partial charge >= 0.3 is 5.97 Å². The highest BCUT2D eigenvalue weighted by atomic mass is 19.1. The summed E-state index contributed by atoms with van der Waals surface area (Å²) in [5, 5.41) is 11.2. The Morgan fingerprint density at radius 2 is 1.50 bits per heavy atom. The quantitative estimate of drug-likeness (QED) is 0.635. The molecule has 2 heterocycles. The molecule has 32 heavy (non-hydrogen) atoms. The van der Waals surface area contributed by atoms with Crippen LogP contribution in [-0.4, -0.2) is 29.0 Å². The molecule has 2 aliphatic rings. The Bertz CT molecular complexity index is 1210. The molecular formula is C24H17FN2O5. The number of carboxylic acids is 1. The van der Waals surface area contributed by atoms with E-state index in [2.05, 4.69) is 0 Å². The van der Waals surface area contributed by atoms with E-state index in [1.165, 1.54) is 35.4 Å². The molecular weight excluding hydrogens is 415 g/mol. The molecule has 2 saturated heterocycles. The molecule has 8 heteroatoms. The van der Waals surface area contributed by atoms with E-state index in [1.807, 2.05) is 6.07 Å². The standard InChI is InChI=1S/C24H17FN2O5/c25-14-10-12-15(13-11-14)26-22(28)19-20(17-8-4-5-9-18(17)24(30)31)27(32-21(19)23(26)29)16-6-2-1-3-7-16/h1-13,19-21H,(H,30,31)/t19-,20-,21-/m1/s1. The number of nitrogens with zero attached hydrogens (tertiary/aromatic N) is 2. The third-order valence-corrected chi connectivity index (χ3v) is 5.72. The Hall–Kier alpha value is -4.04. The number of hydrogen-bond donors (Lipinski definition) is 1. The van der Waals surface area contributed by atoms with Gasteiger partial charge in [-0.3, -0.25) is 14.4 Å². The van der Waals surface area contributed by atoms with Crippen LogP contribution in [0.25, 0.3) is 0 Å². The van der Waals surface area contributed by atoms with E-state index in [-0.39, 0.29) is 11.3 Å². The van der Waals surface area contributed by atoms with E-state index < -0.39 is 41.7 Å². The molecule has 2 amide bonds. The summed E-state index contributed by atoms with van der Waals surface area (Å²) in [6.45, 7) is 0. The van der Waals surface area contributed by atoms with Gasteiger partial charge in [-0.25, -0.2) is 19.1 Å². The molecule has 2 aliphatic heterocycles. The number of rotatable bonds is 4. The Labute approximate surface area is 182 Å². The number of fused-ring (bicyclic) bond motifs is 1. The second kappa shape index (κ2) is 7.58. The first-order chi connectivity index (χ1) is 15.5. The number of hydrogen-bond acceptors (Lipinski definition) is 5. The maximum absolute atomic E-state index is 13.5. The summed E-state index contributed by atoms with van der Waals surface area (Å²) in [7, 11) is 0. The third kappa shape index (κ3) is 3.04. The van der Waals surface area contributed by atoms with Crippen molar-refractivity contribution >= 4 is 29.2 Å². The molecule has 0 aliphatic carbocycles. The molecule has 3 aromatic carbocycles. The summed E-state index contributed by atoms with van der Waals surface area (Å²) in [4.78, 5) is 45.6. The monoisotopic (exact) mass is 432 g/mol. The number of carbonyl (C=O) groups is 3. The maximum Gasteiger partial charge on any atom is 0.336 e. The first kappa shape index (κ1) is 19.9. The van der Waals surface area contributed by atoms with Crippen LogP contribution in [0.5, 0.6) is 0 Å². The van der Waals surface area contributed by atoms with Crippen molar-refractivity contribution in [1.82, 2.24) is 0 Å². The average Bonchev–Trinajstić information content (AvgIpc) is 3.31. The molecule has 0 unspecified atom stereocenters. The van der Waals surface area contributed by atoms with Crippen molar-refractivity contribution < 1.29 is 28.7 Å². The van der Waals surface area contributed by atoms with Crippen LogP contribution in [0.15, 0.2) is 78.9 Å². The zero-order valence-electron chi connectivity index (χ0n) is 16.6. The number of amides is 2. The molecule has 0 radical (unpaired) electrons. The average molecular weight is 432 g/mol. The molecule has 1 N–H and O–H groups in total. The van der Waals surface area contributed by atoms with E-state index >= 15 is 0 Å². The van der Waals surface area contributed by atoms with Gasteiger partial charge in [0.25, 0.3) is 5.91 Å². The smallest absolute Gasteiger partial charge is 0.336 e. The van der Waals surface area contributed by atoms with Gasteiger partial charge in [0.1, 0.15) is 11.7 Å². The van der Waals surface area contributed by atoms with Gasteiger partial charge in [0.15, 0.2) is 6.10 Å². The molecule has 2 fully saturated rings. The highest BCUT2D eigenvalue weighted by Crippen LogP contribution is 2.48. The van der Waals surface area contributed by atoms with Crippen LogP contribution in [0, 0.1) is 11.7 Å². The number of carbonyl (C=O) groups excluding carboxylic acids is 2. The summed E-state index contributed by atoms with van der Waals surface area (Å²) in [5.41, 5.74) is 1.19. The summed E-state index contributed by atoms with van der Waals surface area (Å²) in [6, 6.07) is 19.4. The Kier molecular flexibility index (Phi) is 4.71. The lowest BCUT2D eigenvalue weighted by molar-refractivity contribution is -0.126. The topological polar surface area (TPSA) is 87.2 Å². The molecule has 3 aromatic rings. The van der Waals surface area contributed by atoms with E-state index in [1.54, 1.807) is 42.5 Å². The molecule has 3 atom stereocenters. The van der Waals surface area contributed by atoms with Crippen LogP contribution in [0.3, 0.4) is 0 Å². The lowest BCUT2D eigenvalue weighted by Gasteiger charge is -2.29. The number of halogens is 1. The van der Waals surface area contributed by atoms with Crippen molar-refractivity contribution in [1.29, 1.82) is 0 Å². The number of hydroxylamine groups is 1. The molecule has 160 valence electrons. The molecule has 5 rings (SSSR count). The minimum absolute atomic E-state index is 0.0168. The van der Waals surface area contributed by atoms with Crippen molar-refractivity contribution in [2.45, 2.75) is 12.1 Å². The molecule has 7 nitrogen and oxygen atoms in total. The van der Waals surface area contributed by atoms with Gasteiger partial charge < -0.3 is 5.11 Å². The SMILES string of the molecule is O=C(O)c1ccccc1[C@@H]1[C@H]2C(=O)N(c3ccc(F)cc3)C(=O)[C@@H]2ON1c1ccccc1. The summed E-state index contributed by atoms with van der Waals surface area (Å²) in [5.74, 6) is -3.73. The van der Waals surface area contributed by atoms with Crippen molar-refractivity contribution in [3.8, 4) is 0 Å². The maximum atomic E-state index is 13.5. The number of benzene rings is 3. The van der Waals surface area contributed by atoms with E-state index in [0.717, 1.165) is 4.90 Å². The molecule has 0 saturated carbocycles. The first-order valence-electron chi connectivity index (χ1n) is 9.94. The molecule has 0 spiro atoms. The number of carboxylic acid groups (broad SMARTS) is 1. The largest absolute Gasteiger partial charge is 0.478 e. The fourth-order valence-electron chi connectivity index (χ4n) is 4.32. The Morgan fingerprint density at radius 3 is 2.19 bits per heavy atom. The van der Waals surface area contributed by atoms with Crippen molar-refractivity contribution in [3.63, 3.8) is 0 Å². The van der Waals surface area contributed by atoms with Crippen molar-refractivity contribution in [2.24, 2.45) is 5.92 Å². The lowest BCUT2D eigenvalue weighted by atomic mass is 9.88. The highest BCUT2D eigenvalue weighted by Gasteiger charge is 2.60. The van der Waals surface area contributed by atoms with E-state index in [4.69, 9.17) is 4.84 Å². The van der Waals surface area contributed by atoms with Crippen LogP contribution in [0.2, 0.25) is 0 Å². The van der Waals surface area contributed by atoms with Crippen LogP contribution in [-0.2, 0) is 14.4 Å². The van der Waals surface area contributed by atoms with Crippen LogP contribution in [0.4, 0.5) is 15.8 Å². The number of aromatic carboxylic acids is 1. The minimum atomic E-state index is -1.15. The first-order valence-corrected chi connectivity index (χ1v) is 9.94. The zero-order chi connectivity index (χ0) is 22.4. The van der Waals surface area contributed by atoms with Crippen molar-refractivity contribution in [3.05, 3.63) is 95.8 Å². The predicted molar refractivity (Wildman–Crippen MR) is 112 cm³/mol. The fourth-order valence-corrected chi connectivity index (χ4v) is 4.32. The summed E-state index contributed by atoms with van der Waals surface area (Å²) >= 11 is 0. The normalized spacial score (nSPS) is 22.3. The van der Waals surface area contributed by atoms with Gasteiger partial charge in [-0.1, -0.05) is 36.4 Å². The van der Waals surface area contributed by atoms with E-state index in [0.29, 0.717) is 11.3 Å². The Balaban J connectivity index is 1.63. The Morgan fingerprint density at radius 1 is 0.844 bits per heavy atom. The van der Waals surface area contributed by atoms with Crippen molar-refractivity contribution in [2.75, 3.05) is 9.96 Å². The minimum Gasteiger partial charge on any atom is -0.478 e. The predicted octanol–water partition coefficient (Wildman–Crippen LogP) is 3.58. The number of anilines is 2. The fraction of sp³-hybridized carbons (Fsp3) is 0.125. The van der Waals surface area contributed by atoms with Crippen LogP contribution in [0.1, 0.15) is 22.0 Å².